The van der Waals surface area contributed by atoms with Gasteiger partial charge in [0, 0.05) is 23.6 Å². The maximum Gasteiger partial charge on any atom is 0.270 e. The van der Waals surface area contributed by atoms with Gasteiger partial charge in [0.2, 0.25) is 5.78 Å². The van der Waals surface area contributed by atoms with Crippen molar-refractivity contribution in [2.24, 2.45) is 5.92 Å². The zero-order valence-corrected chi connectivity index (χ0v) is 16.1. The highest BCUT2D eigenvalue weighted by Gasteiger charge is 2.31. The number of nitrogens with zero attached hydrogens (tertiary/aromatic N) is 1. The van der Waals surface area contributed by atoms with Crippen molar-refractivity contribution >= 4 is 17.5 Å². The van der Waals surface area contributed by atoms with Crippen molar-refractivity contribution in [1.82, 2.24) is 0 Å². The number of likely N-dealkylation sites (tertiary alicyclic amines) is 1. The quantitative estimate of drug-likeness (QED) is 0.487. The van der Waals surface area contributed by atoms with Gasteiger partial charge in [-0.2, -0.15) is 0 Å². The number of carbonyl (C=O) groups is 1. The minimum absolute atomic E-state index is 0.0624. The lowest BCUT2D eigenvalue weighted by Crippen LogP contribution is -3.12. The summed E-state index contributed by atoms with van der Waals surface area (Å²) in [6.45, 7) is 4.74. The molecule has 0 spiro atoms. The fourth-order valence-corrected chi connectivity index (χ4v) is 4.14. The largest absolute Gasteiger partial charge is 0.872 e. The van der Waals surface area contributed by atoms with Crippen LogP contribution in [-0.2, 0) is 6.54 Å². The van der Waals surface area contributed by atoms with Gasteiger partial charge < -0.3 is 14.7 Å². The summed E-state index contributed by atoms with van der Waals surface area (Å²) < 4.78 is 5.83. The molecule has 0 bridgehead atoms. The summed E-state index contributed by atoms with van der Waals surface area (Å²) in [6, 6.07) is 8.92. The van der Waals surface area contributed by atoms with E-state index in [4.69, 9.17) is 4.74 Å². The summed E-state index contributed by atoms with van der Waals surface area (Å²) >= 11 is 0. The molecule has 2 aromatic carbocycles. The third kappa shape index (κ3) is 3.86. The second kappa shape index (κ2) is 7.67. The van der Waals surface area contributed by atoms with Gasteiger partial charge in [-0.3, -0.25) is 14.9 Å². The predicted octanol–water partition coefficient (Wildman–Crippen LogP) is 2.10. The van der Waals surface area contributed by atoms with Crippen LogP contribution in [0.3, 0.4) is 0 Å². The van der Waals surface area contributed by atoms with E-state index < -0.39 is 4.92 Å². The number of hydrogen-bond donors (Lipinski definition) is 1. The van der Waals surface area contributed by atoms with E-state index in [9.17, 15) is 20.0 Å². The van der Waals surface area contributed by atoms with Crippen LogP contribution in [0.2, 0.25) is 0 Å². The Morgan fingerprint density at radius 3 is 2.90 bits per heavy atom. The minimum atomic E-state index is -0.488. The van der Waals surface area contributed by atoms with E-state index in [2.05, 4.69) is 6.92 Å². The number of nitrogens with one attached hydrogen (secondary N) is 1. The molecule has 0 radical (unpaired) electrons. The lowest BCUT2D eigenvalue weighted by Gasteiger charge is -2.29. The molecule has 0 saturated carbocycles. The number of nitro groups is 1. The highest BCUT2D eigenvalue weighted by Crippen LogP contribution is 2.38. The first-order valence-corrected chi connectivity index (χ1v) is 9.77. The van der Waals surface area contributed by atoms with Gasteiger partial charge in [-0.05, 0) is 30.5 Å². The smallest absolute Gasteiger partial charge is 0.270 e. The second-order valence-electron chi connectivity index (χ2n) is 7.84. The molecule has 1 fully saturated rings. The van der Waals surface area contributed by atoms with Crippen LogP contribution in [0.15, 0.2) is 42.2 Å². The molecule has 7 heteroatoms. The molecular weight excluding hydrogens is 372 g/mol. The zero-order valence-electron chi connectivity index (χ0n) is 16.1. The van der Waals surface area contributed by atoms with E-state index in [0.29, 0.717) is 34.9 Å². The van der Waals surface area contributed by atoms with Gasteiger partial charge in [0.05, 0.1) is 23.6 Å². The topological polar surface area (TPSA) is 96.9 Å². The molecule has 2 aliphatic rings. The molecule has 1 N–H and O–H groups in total. The van der Waals surface area contributed by atoms with Crippen molar-refractivity contribution in [3.8, 4) is 11.5 Å². The van der Waals surface area contributed by atoms with Crippen LogP contribution in [0.1, 0.15) is 41.3 Å². The Morgan fingerprint density at radius 2 is 2.14 bits per heavy atom. The van der Waals surface area contributed by atoms with E-state index in [0.717, 1.165) is 19.5 Å². The molecular formula is C22H22N2O5. The third-order valence-corrected chi connectivity index (χ3v) is 5.57. The lowest BCUT2D eigenvalue weighted by atomic mass is 9.99. The highest BCUT2D eigenvalue weighted by molar-refractivity contribution is 6.15. The van der Waals surface area contributed by atoms with Crippen LogP contribution in [0.25, 0.3) is 6.08 Å². The van der Waals surface area contributed by atoms with E-state index >= 15 is 0 Å². The van der Waals surface area contributed by atoms with Crippen molar-refractivity contribution in [2.45, 2.75) is 26.3 Å². The van der Waals surface area contributed by atoms with Gasteiger partial charge in [-0.1, -0.05) is 30.9 Å². The molecule has 150 valence electrons. The number of quaternary nitrogens is 1. The van der Waals surface area contributed by atoms with Crippen LogP contribution in [0, 0.1) is 16.0 Å². The lowest BCUT2D eigenvalue weighted by molar-refractivity contribution is -0.922. The van der Waals surface area contributed by atoms with Crippen molar-refractivity contribution in [3.63, 3.8) is 0 Å². The molecule has 4 rings (SSSR count). The van der Waals surface area contributed by atoms with Gasteiger partial charge in [0.25, 0.3) is 5.69 Å². The van der Waals surface area contributed by atoms with E-state index in [1.54, 1.807) is 12.1 Å². The Bertz CT molecular complexity index is 1010. The number of ketones is 1. The van der Waals surface area contributed by atoms with Crippen LogP contribution in [0.5, 0.6) is 11.5 Å². The summed E-state index contributed by atoms with van der Waals surface area (Å²) in [5, 5.41) is 23.5. The number of piperidine rings is 1. The molecule has 29 heavy (non-hydrogen) atoms. The van der Waals surface area contributed by atoms with Crippen LogP contribution < -0.4 is 14.7 Å². The predicted molar refractivity (Wildman–Crippen MR) is 105 cm³/mol. The molecule has 2 aliphatic heterocycles. The van der Waals surface area contributed by atoms with Crippen LogP contribution >= 0.6 is 0 Å². The van der Waals surface area contributed by atoms with Gasteiger partial charge in [-0.25, -0.2) is 0 Å². The Kier molecular flexibility index (Phi) is 5.07. The molecule has 0 amide bonds. The number of benzene rings is 2. The monoisotopic (exact) mass is 394 g/mol. The maximum absolute atomic E-state index is 12.8. The zero-order chi connectivity index (χ0) is 20.5. The standard InChI is InChI=1S/C22H22N2O5/c1-14-4-3-9-23(12-14)13-18-19(25)8-7-17-21(26)20(29-22(17)18)11-15-5-2-6-16(10-15)24(27)28/h2,5-8,10-11,14,25H,3-4,9,12-13H2,1H3/b20-11-. The second-order valence-corrected chi connectivity index (χ2v) is 7.84. The molecule has 1 saturated heterocycles. The number of nitro benzene ring substituents is 1. The van der Waals surface area contributed by atoms with E-state index in [1.165, 1.54) is 41.7 Å². The molecule has 0 aromatic heterocycles. The number of Topliss-reactive ketones (excluding diaryl/α,β-unsaturated/α-hetero) is 1. The van der Waals surface area contributed by atoms with Crippen LogP contribution in [0.4, 0.5) is 5.69 Å². The first-order chi connectivity index (χ1) is 13.9. The Hall–Kier alpha value is -3.19. The molecule has 7 nitrogen and oxygen atoms in total. The first-order valence-electron chi connectivity index (χ1n) is 9.77. The number of hydrogen-bond acceptors (Lipinski definition) is 5. The third-order valence-electron chi connectivity index (χ3n) is 5.57. The highest BCUT2D eigenvalue weighted by atomic mass is 16.6. The van der Waals surface area contributed by atoms with E-state index in [1.807, 2.05) is 0 Å². The van der Waals surface area contributed by atoms with Crippen molar-refractivity contribution in [2.75, 3.05) is 13.1 Å². The number of ether oxygens (including phenoxy) is 1. The molecule has 0 aliphatic carbocycles. The molecule has 2 atom stereocenters. The number of carbonyl (C=O) groups excluding carboxylic acids is 1. The van der Waals surface area contributed by atoms with Gasteiger partial charge in [-0.15, -0.1) is 0 Å². The average Bonchev–Trinajstić information content (AvgIpc) is 3.00. The van der Waals surface area contributed by atoms with Gasteiger partial charge in [0.1, 0.15) is 12.3 Å². The maximum atomic E-state index is 12.8. The average molecular weight is 394 g/mol. The Morgan fingerprint density at radius 1 is 1.31 bits per heavy atom. The minimum Gasteiger partial charge on any atom is -0.872 e. The summed E-state index contributed by atoms with van der Waals surface area (Å²) in [6.07, 6.45) is 3.81. The summed E-state index contributed by atoms with van der Waals surface area (Å²) in [5.74, 6) is 0.588. The number of fused-ring (bicyclic) bond motifs is 1. The van der Waals surface area contributed by atoms with E-state index in [-0.39, 0.29) is 23.0 Å². The Labute approximate surface area is 168 Å². The summed E-state index contributed by atoms with van der Waals surface area (Å²) in [7, 11) is 0. The molecule has 2 aromatic rings. The fraction of sp³-hybridized carbons (Fsp3) is 0.318. The Balaban J connectivity index is 1.64. The van der Waals surface area contributed by atoms with Crippen molar-refractivity contribution in [3.05, 3.63) is 69.0 Å². The molecule has 2 heterocycles. The number of allylic oxidation sites excluding steroid dienone is 1. The van der Waals surface area contributed by atoms with Crippen LogP contribution in [-0.4, -0.2) is 23.8 Å². The van der Waals surface area contributed by atoms with Crippen molar-refractivity contribution in [1.29, 1.82) is 0 Å². The normalized spacial score (nSPS) is 22.4. The number of rotatable bonds is 4. The fourth-order valence-electron chi connectivity index (χ4n) is 4.14. The SMILES string of the molecule is CC1CCC[NH+](Cc2c([O-])ccc3c2O/C(=C\c2cccc([N+](=O)[O-])c2)C3=O)C1. The van der Waals surface area contributed by atoms with Crippen molar-refractivity contribution < 1.29 is 24.5 Å². The summed E-state index contributed by atoms with van der Waals surface area (Å²) in [5.41, 5.74) is 1.34. The summed E-state index contributed by atoms with van der Waals surface area (Å²) in [4.78, 5) is 24.6. The van der Waals surface area contributed by atoms with Gasteiger partial charge >= 0.3 is 0 Å². The molecule has 2 unspecified atom stereocenters. The first kappa shape index (κ1) is 19.1. The number of non-ortho nitro benzene ring substituents is 1. The van der Waals surface area contributed by atoms with Gasteiger partial charge in [0.15, 0.2) is 5.76 Å².